The first-order chi connectivity index (χ1) is 9.60. The maximum Gasteiger partial charge on any atom is 0.332 e. The molecule has 20 heavy (non-hydrogen) atoms. The molecule has 2 rings (SSSR count). The first kappa shape index (κ1) is 14.1. The van der Waals surface area contributed by atoms with Crippen LogP contribution in [-0.4, -0.2) is 38.5 Å². The van der Waals surface area contributed by atoms with Crippen LogP contribution >= 0.6 is 0 Å². The Kier molecular flexibility index (Phi) is 4.41. The third kappa shape index (κ3) is 3.39. The van der Waals surface area contributed by atoms with Gasteiger partial charge in [-0.15, -0.1) is 0 Å². The average Bonchev–Trinajstić information content (AvgIpc) is 2.86. The lowest BCUT2D eigenvalue weighted by molar-refractivity contribution is -0.156. The highest BCUT2D eigenvalue weighted by atomic mass is 16.7. The fourth-order valence-electron chi connectivity index (χ4n) is 1.62. The Labute approximate surface area is 115 Å². The minimum absolute atomic E-state index is 0.164. The Morgan fingerprint density at radius 3 is 2.85 bits per heavy atom. The molecule has 1 aromatic rings. The van der Waals surface area contributed by atoms with Crippen LogP contribution in [0, 0.1) is 0 Å². The van der Waals surface area contributed by atoms with E-state index in [4.69, 9.17) is 14.2 Å². The standard InChI is InChI=1S/C13H15NO6/c1-8(20-12(15)6-17-2)13(16)14-9-3-4-10-11(5-9)19-7-18-10/h3-5,8H,6-7H2,1-2H3,(H,14,16)/t8-/m1/s1. The second-order valence-corrected chi connectivity index (χ2v) is 4.12. The largest absolute Gasteiger partial charge is 0.454 e. The molecule has 1 amide bonds. The van der Waals surface area contributed by atoms with Gasteiger partial charge in [-0.25, -0.2) is 4.79 Å². The topological polar surface area (TPSA) is 83.1 Å². The first-order valence-corrected chi connectivity index (χ1v) is 5.99. The van der Waals surface area contributed by atoms with Gasteiger partial charge in [0.1, 0.15) is 6.61 Å². The molecule has 0 radical (unpaired) electrons. The van der Waals surface area contributed by atoms with E-state index in [9.17, 15) is 9.59 Å². The minimum Gasteiger partial charge on any atom is -0.454 e. The van der Waals surface area contributed by atoms with Crippen LogP contribution in [0.5, 0.6) is 11.5 Å². The summed E-state index contributed by atoms with van der Waals surface area (Å²) in [4.78, 5) is 23.1. The Bertz CT molecular complexity index is 516. The van der Waals surface area contributed by atoms with Gasteiger partial charge in [0.15, 0.2) is 17.6 Å². The van der Waals surface area contributed by atoms with Crippen LogP contribution in [0.15, 0.2) is 18.2 Å². The highest BCUT2D eigenvalue weighted by Gasteiger charge is 2.19. The summed E-state index contributed by atoms with van der Waals surface area (Å²) in [5, 5.41) is 2.63. The maximum absolute atomic E-state index is 11.9. The lowest BCUT2D eigenvalue weighted by Crippen LogP contribution is -2.31. The van der Waals surface area contributed by atoms with Crippen molar-refractivity contribution in [2.45, 2.75) is 13.0 Å². The van der Waals surface area contributed by atoms with E-state index in [1.165, 1.54) is 14.0 Å². The summed E-state index contributed by atoms with van der Waals surface area (Å²) in [7, 11) is 1.37. The van der Waals surface area contributed by atoms with E-state index in [1.54, 1.807) is 18.2 Å². The van der Waals surface area contributed by atoms with Crippen LogP contribution in [0.25, 0.3) is 0 Å². The van der Waals surface area contributed by atoms with Gasteiger partial charge in [0.2, 0.25) is 6.79 Å². The number of nitrogens with one attached hydrogen (secondary N) is 1. The smallest absolute Gasteiger partial charge is 0.332 e. The molecule has 1 heterocycles. The lowest BCUT2D eigenvalue weighted by atomic mass is 10.2. The lowest BCUT2D eigenvalue weighted by Gasteiger charge is -2.13. The number of anilines is 1. The van der Waals surface area contributed by atoms with Crippen molar-refractivity contribution in [1.29, 1.82) is 0 Å². The molecular weight excluding hydrogens is 266 g/mol. The molecule has 1 aliphatic rings. The minimum atomic E-state index is -0.914. The van der Waals surface area contributed by atoms with E-state index in [0.29, 0.717) is 17.2 Å². The predicted molar refractivity (Wildman–Crippen MR) is 68.6 cm³/mol. The van der Waals surface area contributed by atoms with Gasteiger partial charge in [-0.1, -0.05) is 0 Å². The Morgan fingerprint density at radius 1 is 1.35 bits per heavy atom. The monoisotopic (exact) mass is 281 g/mol. The van der Waals surface area contributed by atoms with E-state index in [2.05, 4.69) is 10.1 Å². The number of methoxy groups -OCH3 is 1. The molecule has 0 aromatic heterocycles. The number of esters is 1. The molecule has 1 aromatic carbocycles. The summed E-state index contributed by atoms with van der Waals surface area (Å²) in [6.45, 7) is 1.45. The van der Waals surface area contributed by atoms with Crippen LogP contribution < -0.4 is 14.8 Å². The van der Waals surface area contributed by atoms with Gasteiger partial charge >= 0.3 is 5.97 Å². The molecule has 0 bridgehead atoms. The molecule has 0 aliphatic carbocycles. The summed E-state index contributed by atoms with van der Waals surface area (Å²) in [5.41, 5.74) is 0.536. The van der Waals surface area contributed by atoms with Gasteiger partial charge in [-0.3, -0.25) is 4.79 Å². The third-order valence-corrected chi connectivity index (χ3v) is 2.58. The molecule has 1 atom stereocenters. The number of ether oxygens (including phenoxy) is 4. The second-order valence-electron chi connectivity index (χ2n) is 4.12. The van der Waals surface area contributed by atoms with Crippen LogP contribution in [-0.2, 0) is 19.1 Å². The van der Waals surface area contributed by atoms with Gasteiger partial charge in [0, 0.05) is 18.9 Å². The maximum atomic E-state index is 11.9. The molecule has 0 fully saturated rings. The van der Waals surface area contributed by atoms with Crippen molar-refractivity contribution in [2.24, 2.45) is 0 Å². The molecule has 1 N–H and O–H groups in total. The fraction of sp³-hybridized carbons (Fsp3) is 0.385. The van der Waals surface area contributed by atoms with Crippen molar-refractivity contribution >= 4 is 17.6 Å². The number of benzene rings is 1. The molecular formula is C13H15NO6. The second kappa shape index (κ2) is 6.25. The number of amides is 1. The van der Waals surface area contributed by atoms with Crippen molar-refractivity contribution < 1.29 is 28.5 Å². The zero-order chi connectivity index (χ0) is 14.5. The third-order valence-electron chi connectivity index (χ3n) is 2.58. The highest BCUT2D eigenvalue weighted by Crippen LogP contribution is 2.34. The van der Waals surface area contributed by atoms with Crippen molar-refractivity contribution in [3.63, 3.8) is 0 Å². The Hall–Kier alpha value is -2.28. The summed E-state index contributed by atoms with van der Waals surface area (Å²) < 4.78 is 19.9. The molecule has 0 unspecified atom stereocenters. The molecule has 7 heteroatoms. The normalized spacial score (nSPS) is 13.7. The average molecular weight is 281 g/mol. The highest BCUT2D eigenvalue weighted by molar-refractivity contribution is 5.95. The van der Waals surface area contributed by atoms with Crippen LogP contribution in [0.4, 0.5) is 5.69 Å². The predicted octanol–water partition coefficient (Wildman–Crippen LogP) is 0.932. The summed E-state index contributed by atoms with van der Waals surface area (Å²) >= 11 is 0. The van der Waals surface area contributed by atoms with Gasteiger partial charge in [-0.2, -0.15) is 0 Å². The molecule has 0 spiro atoms. The number of hydrogen-bond acceptors (Lipinski definition) is 6. The van der Waals surface area contributed by atoms with Crippen molar-refractivity contribution in [3.8, 4) is 11.5 Å². The van der Waals surface area contributed by atoms with Gasteiger partial charge in [0.05, 0.1) is 0 Å². The molecule has 0 saturated carbocycles. The first-order valence-electron chi connectivity index (χ1n) is 5.99. The van der Waals surface area contributed by atoms with Gasteiger partial charge in [-0.05, 0) is 19.1 Å². The molecule has 1 aliphatic heterocycles. The zero-order valence-electron chi connectivity index (χ0n) is 11.2. The fourth-order valence-corrected chi connectivity index (χ4v) is 1.62. The number of rotatable bonds is 5. The SMILES string of the molecule is COCC(=O)O[C@H](C)C(=O)Nc1ccc2c(c1)OCO2. The van der Waals surface area contributed by atoms with Crippen molar-refractivity contribution in [3.05, 3.63) is 18.2 Å². The van der Waals surface area contributed by atoms with E-state index in [-0.39, 0.29) is 13.4 Å². The zero-order valence-corrected chi connectivity index (χ0v) is 11.2. The Balaban J connectivity index is 1.92. The van der Waals surface area contributed by atoms with E-state index < -0.39 is 18.0 Å². The Morgan fingerprint density at radius 2 is 2.10 bits per heavy atom. The van der Waals surface area contributed by atoms with Crippen LogP contribution in [0.3, 0.4) is 0 Å². The van der Waals surface area contributed by atoms with Gasteiger partial charge in [0.25, 0.3) is 5.91 Å². The quantitative estimate of drug-likeness (QED) is 0.808. The van der Waals surface area contributed by atoms with Crippen LogP contribution in [0.1, 0.15) is 6.92 Å². The number of carbonyl (C=O) groups excluding carboxylic acids is 2. The van der Waals surface area contributed by atoms with Crippen molar-refractivity contribution in [2.75, 3.05) is 25.8 Å². The molecule has 7 nitrogen and oxygen atoms in total. The van der Waals surface area contributed by atoms with Crippen molar-refractivity contribution in [1.82, 2.24) is 0 Å². The molecule has 108 valence electrons. The summed E-state index contributed by atoms with van der Waals surface area (Å²) in [6, 6.07) is 5.01. The van der Waals surface area contributed by atoms with E-state index in [0.717, 1.165) is 0 Å². The van der Waals surface area contributed by atoms with E-state index in [1.807, 2.05) is 0 Å². The summed E-state index contributed by atoms with van der Waals surface area (Å²) in [6.07, 6.45) is -0.914. The van der Waals surface area contributed by atoms with E-state index >= 15 is 0 Å². The number of carbonyl (C=O) groups is 2. The summed E-state index contributed by atoms with van der Waals surface area (Å²) in [5.74, 6) is 0.156. The number of hydrogen-bond donors (Lipinski definition) is 1. The number of fused-ring (bicyclic) bond motifs is 1. The molecule has 0 saturated heterocycles. The van der Waals surface area contributed by atoms with Crippen LogP contribution in [0.2, 0.25) is 0 Å². The van der Waals surface area contributed by atoms with Gasteiger partial charge < -0.3 is 24.3 Å².